The molecule has 93 valence electrons. The molecule has 0 bridgehead atoms. The second-order valence-electron chi connectivity index (χ2n) is 1.42. The van der Waals surface area contributed by atoms with Crippen molar-refractivity contribution in [2.24, 2.45) is 0 Å². The van der Waals surface area contributed by atoms with Gasteiger partial charge in [0.25, 0.3) is 0 Å². The summed E-state index contributed by atoms with van der Waals surface area (Å²) in [4.78, 5) is 35.3. The van der Waals surface area contributed by atoms with Crippen molar-refractivity contribution < 1.29 is 51.9 Å². The molecule has 0 aliphatic carbocycles. The minimum absolute atomic E-state index is 0. The predicted octanol–water partition coefficient (Wildman–Crippen LogP) is -0.834. The first kappa shape index (κ1) is 29.6. The Morgan fingerprint density at radius 3 is 1.19 bits per heavy atom. The molecular formula is C9H16N2O4Y-4. The molecule has 0 unspecified atom stereocenters. The van der Waals surface area contributed by atoms with Gasteiger partial charge in [0.1, 0.15) is 0 Å². The molecular weight excluding hydrogens is 289 g/mol. The normalized spacial score (nSPS) is 5.25. The second kappa shape index (κ2) is 62.3. The van der Waals surface area contributed by atoms with Crippen LogP contribution < -0.4 is 10.6 Å². The molecule has 0 saturated heterocycles. The van der Waals surface area contributed by atoms with Crippen molar-refractivity contribution in [3.05, 3.63) is 0 Å². The van der Waals surface area contributed by atoms with Crippen molar-refractivity contribution in [1.82, 2.24) is 10.6 Å². The van der Waals surface area contributed by atoms with Crippen molar-refractivity contribution in [2.45, 2.75) is 20.8 Å². The van der Waals surface area contributed by atoms with Gasteiger partial charge in [-0.05, 0) is 7.05 Å². The average Bonchev–Trinajstić information content (AvgIpc) is 2.18. The fourth-order valence-corrected chi connectivity index (χ4v) is 0.124. The minimum Gasteiger partial charge on any atom is -0.542 e. The van der Waals surface area contributed by atoms with Gasteiger partial charge in [-0.1, -0.05) is 0 Å². The van der Waals surface area contributed by atoms with Crippen LogP contribution in [0.15, 0.2) is 0 Å². The summed E-state index contributed by atoms with van der Waals surface area (Å²) in [5, 5.41) is 4.98. The van der Waals surface area contributed by atoms with Crippen molar-refractivity contribution in [3.63, 3.8) is 0 Å². The molecule has 0 spiro atoms. The maximum Gasteiger partial charge on any atom is 0.0369 e. The van der Waals surface area contributed by atoms with Crippen LogP contribution in [0.5, 0.6) is 0 Å². The van der Waals surface area contributed by atoms with Crippen LogP contribution in [0.4, 0.5) is 0 Å². The maximum absolute atomic E-state index is 9.29. The third kappa shape index (κ3) is 329. The van der Waals surface area contributed by atoms with Crippen LogP contribution in [0.1, 0.15) is 20.8 Å². The van der Waals surface area contributed by atoms with E-state index in [0.29, 0.717) is 6.67 Å². The van der Waals surface area contributed by atoms with E-state index in [1.165, 1.54) is 46.0 Å². The van der Waals surface area contributed by atoms with Crippen LogP contribution in [-0.4, -0.2) is 39.0 Å². The van der Waals surface area contributed by atoms with Gasteiger partial charge in [0.05, 0.1) is 0 Å². The molecule has 0 atom stereocenters. The first-order valence-corrected chi connectivity index (χ1v) is 3.77. The molecule has 2 N–H and O–H groups in total. The van der Waals surface area contributed by atoms with E-state index in [-0.39, 0.29) is 32.7 Å². The van der Waals surface area contributed by atoms with Crippen LogP contribution in [-0.2, 0) is 51.9 Å². The molecule has 16 heavy (non-hydrogen) atoms. The second-order valence-corrected chi connectivity index (χ2v) is 1.42. The average molecular weight is 305 g/mol. The minimum atomic E-state index is 0. The molecule has 0 rings (SSSR count). The molecule has 0 fully saturated rings. The number of hydrogen-bond acceptors (Lipinski definition) is 5. The number of nitrogens with one attached hydrogen (secondary N) is 2. The summed E-state index contributed by atoms with van der Waals surface area (Å²) < 4.78 is 0. The van der Waals surface area contributed by atoms with Gasteiger partial charge in [0.2, 0.25) is 0 Å². The summed E-state index contributed by atoms with van der Waals surface area (Å²) in [6, 6.07) is 0. The van der Waals surface area contributed by atoms with E-state index in [9.17, 15) is 4.79 Å². The van der Waals surface area contributed by atoms with Crippen molar-refractivity contribution >= 4 is 25.3 Å². The van der Waals surface area contributed by atoms with E-state index in [2.05, 4.69) is 10.6 Å². The van der Waals surface area contributed by atoms with Crippen molar-refractivity contribution in [3.8, 4) is 0 Å². The van der Waals surface area contributed by atoms with Crippen LogP contribution in [0, 0.1) is 0 Å². The van der Waals surface area contributed by atoms with Crippen LogP contribution in [0.2, 0.25) is 0 Å². The molecule has 0 aromatic carbocycles. The SMILES string of the molecule is CNCN[C-]=O.C[C-]=O.C[C-]=O.C[C-]=O.[Y]. The molecule has 1 radical (unpaired) electrons. The van der Waals surface area contributed by atoms with Gasteiger partial charge >= 0.3 is 0 Å². The fraction of sp³-hybridized carbons (Fsp3) is 0.556. The molecule has 0 heterocycles. The Hall–Kier alpha value is -0.456. The van der Waals surface area contributed by atoms with E-state index in [1.807, 2.05) is 0 Å². The smallest absolute Gasteiger partial charge is 0.0369 e. The first-order valence-electron chi connectivity index (χ1n) is 3.77. The molecule has 0 aromatic rings. The van der Waals surface area contributed by atoms with Gasteiger partial charge in [-0.25, -0.2) is 0 Å². The molecule has 0 aliphatic rings. The third-order valence-electron chi connectivity index (χ3n) is 0.337. The molecule has 0 aliphatic heterocycles. The Labute approximate surface area is 122 Å². The maximum atomic E-state index is 9.29. The molecule has 1 amide bonds. The summed E-state index contributed by atoms with van der Waals surface area (Å²) in [5.74, 6) is 0. The zero-order valence-corrected chi connectivity index (χ0v) is 12.8. The number of carbonyl (C=O) groups excluding carboxylic acids is 4. The fourth-order valence-electron chi connectivity index (χ4n) is 0.124. The quantitative estimate of drug-likeness (QED) is 0.307. The summed E-state index contributed by atoms with van der Waals surface area (Å²) in [7, 11) is 1.74. The van der Waals surface area contributed by atoms with E-state index in [1.54, 1.807) is 7.05 Å². The number of hydrogen-bond donors (Lipinski definition) is 2. The Kier molecular flexibility index (Phi) is 115. The zero-order valence-electron chi connectivity index (χ0n) is 9.92. The molecule has 6 nitrogen and oxygen atoms in total. The molecule has 7 heteroatoms. The Balaban J connectivity index is -0.0000000353. The van der Waals surface area contributed by atoms with Crippen LogP contribution in [0.3, 0.4) is 0 Å². The monoisotopic (exact) mass is 305 g/mol. The van der Waals surface area contributed by atoms with Gasteiger partial charge in [-0.3, -0.25) is 18.9 Å². The Morgan fingerprint density at radius 1 is 0.875 bits per heavy atom. The zero-order chi connectivity index (χ0) is 12.9. The first-order chi connectivity index (χ1) is 7.16. The van der Waals surface area contributed by atoms with Crippen LogP contribution >= 0.6 is 0 Å². The van der Waals surface area contributed by atoms with E-state index in [0.717, 1.165) is 0 Å². The van der Waals surface area contributed by atoms with E-state index in [4.69, 9.17) is 14.4 Å². The predicted molar refractivity (Wildman–Crippen MR) is 56.9 cm³/mol. The summed E-state index contributed by atoms with van der Waals surface area (Å²) in [5.41, 5.74) is 0. The van der Waals surface area contributed by atoms with E-state index < -0.39 is 0 Å². The molecule has 0 aromatic heterocycles. The Bertz CT molecular complexity index is 120. The van der Waals surface area contributed by atoms with Gasteiger partial charge in [-0.15, -0.1) is 0 Å². The van der Waals surface area contributed by atoms with Crippen molar-refractivity contribution in [2.75, 3.05) is 13.7 Å². The topological polar surface area (TPSA) is 92.3 Å². The Morgan fingerprint density at radius 2 is 1.12 bits per heavy atom. The summed E-state index contributed by atoms with van der Waals surface area (Å²) in [6.07, 6.45) is 6.01. The van der Waals surface area contributed by atoms with Crippen molar-refractivity contribution in [1.29, 1.82) is 0 Å². The summed E-state index contributed by atoms with van der Waals surface area (Å²) >= 11 is 0. The third-order valence-corrected chi connectivity index (χ3v) is 0.337. The van der Waals surface area contributed by atoms with Gasteiger partial charge in [0, 0.05) is 39.4 Å². The standard InChI is InChI=1S/C3H7N2O.3C2H3O.Y/c1-4-2-5-3-6;3*1-2-3;/h4H,2H2,1H3,(H,5,6);3*1H3;/q4*-1;. The van der Waals surface area contributed by atoms with Gasteiger partial charge in [-0.2, -0.15) is 27.2 Å². The number of rotatable bonds is 3. The van der Waals surface area contributed by atoms with E-state index >= 15 is 0 Å². The van der Waals surface area contributed by atoms with Crippen LogP contribution in [0.25, 0.3) is 0 Å². The van der Waals surface area contributed by atoms with Gasteiger partial charge in [0.15, 0.2) is 0 Å². The summed E-state index contributed by atoms with van der Waals surface area (Å²) in [6.45, 7) is 4.45. The molecule has 0 saturated carbocycles. The largest absolute Gasteiger partial charge is 0.542 e. The van der Waals surface area contributed by atoms with Gasteiger partial charge < -0.3 is 29.8 Å². The number of amides is 1.